The molecule has 3 rings (SSSR count). The third-order valence-corrected chi connectivity index (χ3v) is 3.67. The van der Waals surface area contributed by atoms with Crippen molar-refractivity contribution in [2.24, 2.45) is 5.92 Å². The van der Waals surface area contributed by atoms with Crippen LogP contribution < -0.4 is 10.6 Å². The Morgan fingerprint density at radius 3 is 3.00 bits per heavy atom. The van der Waals surface area contributed by atoms with Gasteiger partial charge in [0.05, 0.1) is 0 Å². The quantitative estimate of drug-likeness (QED) is 0.727. The molecule has 0 aliphatic heterocycles. The molecule has 0 bridgehead atoms. The summed E-state index contributed by atoms with van der Waals surface area (Å²) in [7, 11) is 0. The third-order valence-electron chi connectivity index (χ3n) is 3.67. The van der Waals surface area contributed by atoms with Gasteiger partial charge in [0.1, 0.15) is 18.3 Å². The summed E-state index contributed by atoms with van der Waals surface area (Å²) >= 11 is 0. The van der Waals surface area contributed by atoms with Crippen LogP contribution in [-0.4, -0.2) is 40.6 Å². The van der Waals surface area contributed by atoms with Gasteiger partial charge in [-0.1, -0.05) is 0 Å². The first-order valence-electron chi connectivity index (χ1n) is 7.99. The second-order valence-electron chi connectivity index (χ2n) is 5.76. The molecule has 0 atom stereocenters. The molecule has 128 valence electrons. The van der Waals surface area contributed by atoms with E-state index < -0.39 is 5.82 Å². The van der Waals surface area contributed by atoms with Crippen LogP contribution in [0.15, 0.2) is 30.9 Å². The molecule has 1 aromatic heterocycles. The second-order valence-corrected chi connectivity index (χ2v) is 5.76. The second kappa shape index (κ2) is 7.87. The number of amides is 2. The molecule has 0 saturated heterocycles. The highest BCUT2D eigenvalue weighted by molar-refractivity contribution is 5.89. The van der Waals surface area contributed by atoms with Crippen molar-refractivity contribution in [3.8, 4) is 5.69 Å². The maximum Gasteiger partial charge on any atom is 0.319 e. The number of nitrogens with one attached hydrogen (secondary N) is 2. The van der Waals surface area contributed by atoms with Crippen molar-refractivity contribution in [3.05, 3.63) is 36.7 Å². The van der Waals surface area contributed by atoms with Crippen molar-refractivity contribution in [2.75, 3.05) is 25.1 Å². The molecular formula is C16H20FN5O2. The monoisotopic (exact) mass is 333 g/mol. The summed E-state index contributed by atoms with van der Waals surface area (Å²) in [6.45, 7) is 1.97. The van der Waals surface area contributed by atoms with E-state index in [2.05, 4.69) is 20.7 Å². The molecule has 1 saturated carbocycles. The number of rotatable bonds is 8. The van der Waals surface area contributed by atoms with Gasteiger partial charge >= 0.3 is 6.03 Å². The lowest BCUT2D eigenvalue weighted by atomic mass is 10.2. The molecule has 1 aliphatic carbocycles. The van der Waals surface area contributed by atoms with Crippen molar-refractivity contribution in [2.45, 2.75) is 19.3 Å². The molecule has 2 amide bonds. The number of carbonyl (C=O) groups excluding carboxylic acids is 1. The number of anilines is 1. The van der Waals surface area contributed by atoms with Gasteiger partial charge in [-0.15, -0.1) is 0 Å². The van der Waals surface area contributed by atoms with Crippen LogP contribution >= 0.6 is 0 Å². The molecule has 2 aromatic rings. The van der Waals surface area contributed by atoms with Crippen LogP contribution in [0.5, 0.6) is 0 Å². The minimum Gasteiger partial charge on any atom is -0.381 e. The van der Waals surface area contributed by atoms with Gasteiger partial charge in [-0.3, -0.25) is 0 Å². The topological polar surface area (TPSA) is 81.1 Å². The molecule has 8 heteroatoms. The Morgan fingerprint density at radius 1 is 1.42 bits per heavy atom. The average molecular weight is 333 g/mol. The van der Waals surface area contributed by atoms with E-state index >= 15 is 0 Å². The lowest BCUT2D eigenvalue weighted by molar-refractivity contribution is 0.122. The number of urea groups is 1. The average Bonchev–Trinajstić information content (AvgIpc) is 3.23. The lowest BCUT2D eigenvalue weighted by Gasteiger charge is -2.09. The Kier molecular flexibility index (Phi) is 5.37. The smallest absolute Gasteiger partial charge is 0.319 e. The number of ether oxygens (including phenoxy) is 1. The number of carbonyl (C=O) groups is 1. The van der Waals surface area contributed by atoms with Gasteiger partial charge in [0.25, 0.3) is 0 Å². The number of halogens is 1. The Hall–Kier alpha value is -2.48. The van der Waals surface area contributed by atoms with Crippen molar-refractivity contribution >= 4 is 11.7 Å². The van der Waals surface area contributed by atoms with Crippen LogP contribution in [0, 0.1) is 11.7 Å². The largest absolute Gasteiger partial charge is 0.381 e. The van der Waals surface area contributed by atoms with Gasteiger partial charge in [0, 0.05) is 25.4 Å². The van der Waals surface area contributed by atoms with E-state index in [-0.39, 0.29) is 11.7 Å². The summed E-state index contributed by atoms with van der Waals surface area (Å²) in [5.41, 5.74) is 0.644. The molecule has 0 radical (unpaired) electrons. The van der Waals surface area contributed by atoms with Gasteiger partial charge in [-0.05, 0) is 43.4 Å². The fourth-order valence-electron chi connectivity index (χ4n) is 2.19. The fourth-order valence-corrected chi connectivity index (χ4v) is 2.19. The van der Waals surface area contributed by atoms with Crippen LogP contribution in [0.25, 0.3) is 5.69 Å². The van der Waals surface area contributed by atoms with Crippen LogP contribution in [0.1, 0.15) is 19.3 Å². The van der Waals surface area contributed by atoms with E-state index in [1.165, 1.54) is 42.3 Å². The fraction of sp³-hybridized carbons (Fsp3) is 0.438. The van der Waals surface area contributed by atoms with Crippen molar-refractivity contribution in [1.82, 2.24) is 20.1 Å². The maximum atomic E-state index is 14.0. The highest BCUT2D eigenvalue weighted by Gasteiger charge is 2.20. The third kappa shape index (κ3) is 4.76. The Labute approximate surface area is 139 Å². The van der Waals surface area contributed by atoms with Gasteiger partial charge in [0.2, 0.25) is 0 Å². The zero-order valence-corrected chi connectivity index (χ0v) is 13.2. The van der Waals surface area contributed by atoms with E-state index in [1.54, 1.807) is 6.07 Å². The first-order valence-corrected chi connectivity index (χ1v) is 7.99. The van der Waals surface area contributed by atoms with E-state index in [4.69, 9.17) is 4.74 Å². The number of aromatic nitrogens is 3. The van der Waals surface area contributed by atoms with Gasteiger partial charge in [-0.25, -0.2) is 18.9 Å². The summed E-state index contributed by atoms with van der Waals surface area (Å²) in [4.78, 5) is 15.5. The molecule has 1 heterocycles. The summed E-state index contributed by atoms with van der Waals surface area (Å²) in [5, 5.41) is 9.19. The lowest BCUT2D eigenvalue weighted by Crippen LogP contribution is -2.30. The van der Waals surface area contributed by atoms with Crippen LogP contribution in [-0.2, 0) is 4.74 Å². The summed E-state index contributed by atoms with van der Waals surface area (Å²) in [6.07, 6.45) is 6.02. The molecule has 24 heavy (non-hydrogen) atoms. The Bertz CT molecular complexity index is 673. The minimum absolute atomic E-state index is 0.270. The van der Waals surface area contributed by atoms with E-state index in [9.17, 15) is 9.18 Å². The number of hydrogen-bond donors (Lipinski definition) is 2. The number of hydrogen-bond acceptors (Lipinski definition) is 4. The SMILES string of the molecule is O=C(NCCCOCC1CC1)Nc1ccc(-n2cncn2)c(F)c1. The molecule has 1 aliphatic rings. The molecule has 2 N–H and O–H groups in total. The summed E-state index contributed by atoms with van der Waals surface area (Å²) in [6, 6.07) is 4.02. The van der Waals surface area contributed by atoms with Crippen LogP contribution in [0.3, 0.4) is 0 Å². The standard InChI is InChI=1S/C16H20FN5O2/c17-14-8-13(4-5-15(14)22-11-18-10-20-22)21-16(23)19-6-1-7-24-9-12-2-3-12/h4-5,8,10-12H,1-3,6-7,9H2,(H2,19,21,23). The predicted molar refractivity (Wildman–Crippen MR) is 86.5 cm³/mol. The van der Waals surface area contributed by atoms with Gasteiger partial charge in [-0.2, -0.15) is 5.10 Å². The maximum absolute atomic E-state index is 14.0. The first kappa shape index (κ1) is 16.4. The normalized spacial score (nSPS) is 13.7. The number of benzene rings is 1. The molecule has 1 aromatic carbocycles. The zero-order chi connectivity index (χ0) is 16.8. The molecule has 0 spiro atoms. The molecular weight excluding hydrogens is 313 g/mol. The molecule has 0 unspecified atom stereocenters. The van der Waals surface area contributed by atoms with Crippen molar-refractivity contribution < 1.29 is 13.9 Å². The van der Waals surface area contributed by atoms with Gasteiger partial charge in [0.15, 0.2) is 5.82 Å². The van der Waals surface area contributed by atoms with Gasteiger partial charge < -0.3 is 15.4 Å². The molecule has 1 fully saturated rings. The van der Waals surface area contributed by atoms with Crippen LogP contribution in [0.2, 0.25) is 0 Å². The first-order chi connectivity index (χ1) is 11.7. The van der Waals surface area contributed by atoms with E-state index in [0.717, 1.165) is 18.9 Å². The highest BCUT2D eigenvalue weighted by atomic mass is 19.1. The van der Waals surface area contributed by atoms with Crippen LogP contribution in [0.4, 0.5) is 14.9 Å². The van der Waals surface area contributed by atoms with E-state index in [1.807, 2.05) is 0 Å². The zero-order valence-electron chi connectivity index (χ0n) is 13.2. The van der Waals surface area contributed by atoms with Crippen molar-refractivity contribution in [3.63, 3.8) is 0 Å². The highest BCUT2D eigenvalue weighted by Crippen LogP contribution is 2.28. The predicted octanol–water partition coefficient (Wildman–Crippen LogP) is 2.34. The minimum atomic E-state index is -0.494. The summed E-state index contributed by atoms with van der Waals surface area (Å²) in [5.74, 6) is 0.253. The van der Waals surface area contributed by atoms with E-state index in [0.29, 0.717) is 18.8 Å². The molecule has 7 nitrogen and oxygen atoms in total. The Morgan fingerprint density at radius 2 is 2.29 bits per heavy atom. The Balaban J connectivity index is 1.40. The van der Waals surface area contributed by atoms with Crippen molar-refractivity contribution in [1.29, 1.82) is 0 Å². The number of nitrogens with zero attached hydrogens (tertiary/aromatic N) is 3. The summed E-state index contributed by atoms with van der Waals surface area (Å²) < 4.78 is 20.9.